The molecule has 0 aromatic heterocycles. The summed E-state index contributed by atoms with van der Waals surface area (Å²) in [7, 11) is 1.25. The van der Waals surface area contributed by atoms with E-state index >= 15 is 0 Å². The van der Waals surface area contributed by atoms with Gasteiger partial charge in [-0.1, -0.05) is 19.9 Å². The van der Waals surface area contributed by atoms with Crippen LogP contribution in [0.2, 0.25) is 0 Å². The van der Waals surface area contributed by atoms with E-state index in [1.165, 1.54) is 12.1 Å². The molecule has 6 nitrogen and oxygen atoms in total. The van der Waals surface area contributed by atoms with Crippen LogP contribution in [0.15, 0.2) is 34.5 Å². The van der Waals surface area contributed by atoms with Gasteiger partial charge in [0.2, 0.25) is 5.12 Å². The first-order chi connectivity index (χ1) is 9.49. The molecule has 7 heteroatoms. The average molecular weight is 295 g/mol. The minimum Gasteiger partial charge on any atom is -0.466 e. The Labute approximate surface area is 122 Å². The summed E-state index contributed by atoms with van der Waals surface area (Å²) in [6, 6.07) is 0. The number of carbonyl (C=O) groups excluding carboxylic acids is 2. The predicted molar refractivity (Wildman–Crippen MR) is 80.4 cm³/mol. The van der Waals surface area contributed by atoms with Gasteiger partial charge in [0.25, 0.3) is 0 Å². The molecule has 0 amide bonds. The molecule has 0 N–H and O–H groups in total. The topological polar surface area (TPSA) is 71.3 Å². The van der Waals surface area contributed by atoms with E-state index in [9.17, 15) is 9.59 Å². The number of aliphatic imine (C=N–C) groups is 1. The summed E-state index contributed by atoms with van der Waals surface area (Å²) in [4.78, 5) is 27.4. The second-order valence-electron chi connectivity index (χ2n) is 4.17. The van der Waals surface area contributed by atoms with Gasteiger partial charge in [-0.15, -0.1) is 6.58 Å². The number of hydrogen-bond donors (Lipinski definition) is 0. The molecule has 1 heterocycles. The smallest absolute Gasteiger partial charge is 0.332 e. The number of nitrogens with zero attached hydrogens (tertiary/aromatic N) is 3. The van der Waals surface area contributed by atoms with Crippen molar-refractivity contribution in [3.8, 4) is 0 Å². The highest BCUT2D eigenvalue weighted by Gasteiger charge is 2.33. The maximum Gasteiger partial charge on any atom is 0.332 e. The van der Waals surface area contributed by atoms with Crippen LogP contribution in [0.1, 0.15) is 13.8 Å². The number of carbonyl (C=O) groups is 2. The number of hydrogen-bond acceptors (Lipinski definition) is 6. The normalized spacial score (nSPS) is 19.6. The third-order valence-electron chi connectivity index (χ3n) is 2.09. The van der Waals surface area contributed by atoms with Crippen molar-refractivity contribution in [2.24, 2.45) is 16.0 Å². The quantitative estimate of drug-likeness (QED) is 0.335. The van der Waals surface area contributed by atoms with Crippen LogP contribution in [0.25, 0.3) is 0 Å². The molecule has 0 spiro atoms. The summed E-state index contributed by atoms with van der Waals surface area (Å²) in [5.41, 5.74) is 0.140. The molecule has 1 aliphatic rings. The van der Waals surface area contributed by atoms with Crippen LogP contribution in [0.5, 0.6) is 0 Å². The van der Waals surface area contributed by atoms with Gasteiger partial charge in [-0.05, 0) is 17.7 Å². The number of thioether (sulfide) groups is 1. The van der Waals surface area contributed by atoms with E-state index < -0.39 is 5.97 Å². The van der Waals surface area contributed by atoms with Crippen LogP contribution in [-0.2, 0) is 14.3 Å². The molecule has 0 radical (unpaired) electrons. The highest BCUT2D eigenvalue weighted by Crippen LogP contribution is 2.29. The van der Waals surface area contributed by atoms with E-state index in [0.717, 1.165) is 17.8 Å². The molecule has 0 aliphatic carbocycles. The number of hydrazone groups is 1. The molecule has 1 fully saturated rings. The van der Waals surface area contributed by atoms with Gasteiger partial charge in [-0.3, -0.25) is 9.79 Å². The fourth-order valence-electron chi connectivity index (χ4n) is 1.21. The van der Waals surface area contributed by atoms with Gasteiger partial charge in [-0.2, -0.15) is 5.10 Å². The van der Waals surface area contributed by atoms with Crippen molar-refractivity contribution in [3.63, 3.8) is 0 Å². The highest BCUT2D eigenvalue weighted by atomic mass is 32.2. The van der Waals surface area contributed by atoms with Gasteiger partial charge in [0, 0.05) is 6.21 Å². The molecule has 0 aromatic rings. The van der Waals surface area contributed by atoms with Crippen molar-refractivity contribution in [2.75, 3.05) is 13.7 Å². The lowest BCUT2D eigenvalue weighted by atomic mass is 10.3. The summed E-state index contributed by atoms with van der Waals surface area (Å²) < 4.78 is 4.54. The van der Waals surface area contributed by atoms with Crippen molar-refractivity contribution in [1.82, 2.24) is 5.01 Å². The van der Waals surface area contributed by atoms with Gasteiger partial charge < -0.3 is 4.74 Å². The molecular weight excluding hydrogens is 278 g/mol. The average Bonchev–Trinajstić information content (AvgIpc) is 2.70. The van der Waals surface area contributed by atoms with Crippen molar-refractivity contribution in [1.29, 1.82) is 0 Å². The van der Waals surface area contributed by atoms with Crippen LogP contribution in [-0.4, -0.2) is 41.1 Å². The van der Waals surface area contributed by atoms with Crippen molar-refractivity contribution >= 4 is 34.2 Å². The summed E-state index contributed by atoms with van der Waals surface area (Å²) >= 11 is 0.925. The minimum atomic E-state index is -0.608. The fraction of sp³-hybridized carbons (Fsp3) is 0.385. The lowest BCUT2D eigenvalue weighted by molar-refractivity contribution is -0.135. The lowest BCUT2D eigenvalue weighted by Crippen LogP contribution is -2.19. The summed E-state index contributed by atoms with van der Waals surface area (Å²) in [5, 5.41) is 5.68. The van der Waals surface area contributed by atoms with E-state index in [1.807, 2.05) is 13.8 Å². The predicted octanol–water partition coefficient (Wildman–Crippen LogP) is 1.80. The zero-order chi connectivity index (χ0) is 15.1. The molecule has 108 valence electrons. The van der Waals surface area contributed by atoms with Crippen LogP contribution in [0, 0.1) is 5.92 Å². The van der Waals surface area contributed by atoms with E-state index in [-0.39, 0.29) is 16.7 Å². The first kappa shape index (κ1) is 16.2. The maximum absolute atomic E-state index is 11.9. The van der Waals surface area contributed by atoms with Crippen LogP contribution < -0.4 is 0 Å². The zero-order valence-corrected chi connectivity index (χ0v) is 12.5. The summed E-state index contributed by atoms with van der Waals surface area (Å²) in [6.45, 7) is 7.86. The van der Waals surface area contributed by atoms with Crippen molar-refractivity contribution < 1.29 is 14.3 Å². The Balaban J connectivity index is 3.13. The molecular formula is C13H17N3O3S. The number of esters is 1. The monoisotopic (exact) mass is 295 g/mol. The second-order valence-corrected chi connectivity index (χ2v) is 5.11. The Morgan fingerprint density at radius 1 is 1.55 bits per heavy atom. The Bertz CT molecular complexity index is 495. The number of methoxy groups -OCH3 is 1. The number of rotatable bonds is 5. The molecule has 0 aromatic carbocycles. The van der Waals surface area contributed by atoms with Crippen LogP contribution in [0.4, 0.5) is 0 Å². The van der Waals surface area contributed by atoms with Crippen molar-refractivity contribution in [2.45, 2.75) is 13.8 Å². The molecule has 1 aliphatic heterocycles. The molecule has 20 heavy (non-hydrogen) atoms. The van der Waals surface area contributed by atoms with Gasteiger partial charge in [0.05, 0.1) is 19.7 Å². The lowest BCUT2D eigenvalue weighted by Gasteiger charge is -2.12. The maximum atomic E-state index is 11.9. The first-order valence-electron chi connectivity index (χ1n) is 6.01. The van der Waals surface area contributed by atoms with Gasteiger partial charge in [-0.25, -0.2) is 9.80 Å². The second kappa shape index (κ2) is 7.64. The Kier molecular flexibility index (Phi) is 6.17. The third kappa shape index (κ3) is 4.34. The SMILES string of the molecule is C=CCN=C1SC(=O)/C(=C\C(=O)OC)N1/N=C/C(C)C. The third-order valence-corrected chi connectivity index (χ3v) is 2.97. The summed E-state index contributed by atoms with van der Waals surface area (Å²) in [6.07, 6.45) is 4.40. The Morgan fingerprint density at radius 3 is 2.80 bits per heavy atom. The van der Waals surface area contributed by atoms with E-state index in [1.54, 1.807) is 12.3 Å². The van der Waals surface area contributed by atoms with E-state index in [4.69, 9.17) is 0 Å². The first-order valence-corrected chi connectivity index (χ1v) is 6.82. The zero-order valence-electron chi connectivity index (χ0n) is 11.7. The van der Waals surface area contributed by atoms with E-state index in [0.29, 0.717) is 11.7 Å². The molecule has 1 rings (SSSR count). The minimum absolute atomic E-state index is 0.140. The standard InChI is InChI=1S/C13H17N3O3S/c1-5-6-14-13-16(15-8-9(2)3)10(12(18)20-13)7-11(17)19-4/h5,7-9H,1,6H2,2-4H3/b10-7+,14-13?,15-8+. The number of amidine groups is 1. The van der Waals surface area contributed by atoms with Crippen LogP contribution >= 0.6 is 11.8 Å². The number of ether oxygens (including phenoxy) is 1. The van der Waals surface area contributed by atoms with Gasteiger partial charge in [0.1, 0.15) is 5.70 Å². The van der Waals surface area contributed by atoms with Crippen LogP contribution in [0.3, 0.4) is 0 Å². The molecule has 0 atom stereocenters. The molecule has 1 saturated heterocycles. The summed E-state index contributed by atoms with van der Waals surface area (Å²) in [5.74, 6) is -0.403. The molecule has 0 bridgehead atoms. The van der Waals surface area contributed by atoms with E-state index in [2.05, 4.69) is 21.4 Å². The molecule has 0 saturated carbocycles. The van der Waals surface area contributed by atoms with Crippen molar-refractivity contribution in [3.05, 3.63) is 24.4 Å². The molecule has 0 unspecified atom stereocenters. The van der Waals surface area contributed by atoms with Gasteiger partial charge >= 0.3 is 5.97 Å². The Morgan fingerprint density at radius 2 is 2.25 bits per heavy atom. The Hall–Kier alpha value is -1.89. The highest BCUT2D eigenvalue weighted by molar-refractivity contribution is 8.27. The van der Waals surface area contributed by atoms with Gasteiger partial charge in [0.15, 0.2) is 5.17 Å². The fourth-order valence-corrected chi connectivity index (χ4v) is 2.00. The largest absolute Gasteiger partial charge is 0.466 e.